The molecule has 1 aromatic carbocycles. The third-order valence-corrected chi connectivity index (χ3v) is 7.75. The first-order valence-corrected chi connectivity index (χ1v) is 11.3. The van der Waals surface area contributed by atoms with Crippen LogP contribution >= 0.6 is 0 Å². The van der Waals surface area contributed by atoms with Crippen LogP contribution in [-0.2, 0) is 34.6 Å². The van der Waals surface area contributed by atoms with E-state index in [1.54, 1.807) is 6.08 Å². The number of benzene rings is 1. The minimum Gasteiger partial charge on any atom is -0.402 e. The molecule has 5 N–H and O–H groups in total. The van der Waals surface area contributed by atoms with Gasteiger partial charge >= 0.3 is 0 Å². The number of nitrogens with one attached hydrogen (secondary N) is 3. The van der Waals surface area contributed by atoms with Gasteiger partial charge in [-0.1, -0.05) is 30.3 Å². The van der Waals surface area contributed by atoms with E-state index >= 15 is 0 Å². The highest BCUT2D eigenvalue weighted by atomic mass is 32.2. The van der Waals surface area contributed by atoms with Crippen molar-refractivity contribution in [3.63, 3.8) is 0 Å². The first-order chi connectivity index (χ1) is 14.2. The second-order valence-electron chi connectivity index (χ2n) is 7.93. The number of sulfone groups is 1. The number of carbonyl (C=O) groups is 3. The summed E-state index contributed by atoms with van der Waals surface area (Å²) in [6, 6.07) is 9.41. The van der Waals surface area contributed by atoms with Crippen molar-refractivity contribution in [3.05, 3.63) is 47.7 Å². The van der Waals surface area contributed by atoms with Crippen LogP contribution in [-0.4, -0.2) is 37.6 Å². The number of hydrogen-bond acceptors (Lipinski definition) is 7. The molecule has 10 nitrogen and oxygen atoms in total. The molecule has 11 heteroatoms. The number of hydrazine groups is 1. The van der Waals surface area contributed by atoms with Crippen molar-refractivity contribution in [2.24, 2.45) is 23.5 Å². The number of nitrogens with two attached hydrogens (primary N) is 1. The number of amides is 3. The van der Waals surface area contributed by atoms with Gasteiger partial charge in [0.1, 0.15) is 5.54 Å². The van der Waals surface area contributed by atoms with Gasteiger partial charge in [-0.2, -0.15) is 0 Å². The largest absolute Gasteiger partial charge is 0.402 e. The molecule has 2 heterocycles. The summed E-state index contributed by atoms with van der Waals surface area (Å²) in [7, 11) is -3.12. The lowest BCUT2D eigenvalue weighted by Gasteiger charge is -2.44. The van der Waals surface area contributed by atoms with E-state index in [4.69, 9.17) is 10.6 Å². The highest BCUT2D eigenvalue weighted by molar-refractivity contribution is 7.92. The van der Waals surface area contributed by atoms with E-state index in [-0.39, 0.29) is 35.0 Å². The van der Waals surface area contributed by atoms with Gasteiger partial charge in [0.25, 0.3) is 5.91 Å². The Labute approximate surface area is 173 Å². The Morgan fingerprint density at radius 3 is 2.17 bits per heavy atom. The second-order valence-corrected chi connectivity index (χ2v) is 10.1. The molecule has 1 atom stereocenters. The van der Waals surface area contributed by atoms with Gasteiger partial charge in [0, 0.05) is 5.92 Å². The van der Waals surface area contributed by atoms with E-state index in [0.717, 1.165) is 5.56 Å². The lowest BCUT2D eigenvalue weighted by molar-refractivity contribution is -0.136. The molecule has 1 saturated carbocycles. The van der Waals surface area contributed by atoms with E-state index in [1.165, 1.54) is 0 Å². The van der Waals surface area contributed by atoms with Gasteiger partial charge in [0.05, 0.1) is 17.4 Å². The molecule has 0 unspecified atom stereocenters. The molecule has 0 radical (unpaired) electrons. The molecule has 0 bridgehead atoms. The Kier molecular flexibility index (Phi) is 5.02. The third-order valence-electron chi connectivity index (χ3n) is 5.93. The summed E-state index contributed by atoms with van der Waals surface area (Å²) in [5, 5.41) is 0. The van der Waals surface area contributed by atoms with Crippen LogP contribution in [0.4, 0.5) is 0 Å². The monoisotopic (exact) mass is 434 g/mol. The summed E-state index contributed by atoms with van der Waals surface area (Å²) < 4.78 is 22.3. The first-order valence-electron chi connectivity index (χ1n) is 9.52. The highest BCUT2D eigenvalue weighted by Crippen LogP contribution is 2.49. The van der Waals surface area contributed by atoms with Crippen molar-refractivity contribution in [1.29, 1.82) is 0 Å². The first kappa shape index (κ1) is 20.4. The van der Waals surface area contributed by atoms with Crippen molar-refractivity contribution in [2.75, 3.05) is 11.5 Å². The fraction of sp³-hybridized carbons (Fsp3) is 0.421. The molecule has 1 saturated heterocycles. The van der Waals surface area contributed by atoms with E-state index < -0.39 is 33.1 Å². The van der Waals surface area contributed by atoms with Crippen LogP contribution in [0, 0.1) is 17.8 Å². The molecule has 1 aromatic rings. The lowest BCUT2D eigenvalue weighted by atomic mass is 9.62. The quantitative estimate of drug-likeness (QED) is 0.433. The van der Waals surface area contributed by atoms with Gasteiger partial charge in [-0.05, 0) is 30.4 Å². The fourth-order valence-corrected chi connectivity index (χ4v) is 5.50. The summed E-state index contributed by atoms with van der Waals surface area (Å²) in [6.45, 7) is 0. The zero-order chi connectivity index (χ0) is 21.5. The van der Waals surface area contributed by atoms with Crippen LogP contribution in [0.25, 0.3) is 0 Å². The summed E-state index contributed by atoms with van der Waals surface area (Å²) in [5.41, 5.74) is 13.0. The maximum absolute atomic E-state index is 12.4. The van der Waals surface area contributed by atoms with Crippen LogP contribution in [0.5, 0.6) is 0 Å². The predicted octanol–water partition coefficient (Wildman–Crippen LogP) is -0.996. The normalized spacial score (nSPS) is 29.5. The number of carbonyl (C=O) groups excluding carboxylic acids is 3. The summed E-state index contributed by atoms with van der Waals surface area (Å²) in [6.07, 6.45) is 2.64. The molecule has 1 aliphatic carbocycles. The molecule has 30 heavy (non-hydrogen) atoms. The topological polar surface area (TPSA) is 157 Å². The smallest absolute Gasteiger partial charge is 0.286 e. The summed E-state index contributed by atoms with van der Waals surface area (Å²) in [5.74, 6) is -2.90. The van der Waals surface area contributed by atoms with E-state index in [2.05, 4.69) is 16.3 Å². The van der Waals surface area contributed by atoms with Gasteiger partial charge in [-0.25, -0.2) is 8.42 Å². The van der Waals surface area contributed by atoms with Crippen LogP contribution in [0.3, 0.4) is 0 Å². The van der Waals surface area contributed by atoms with E-state index in [9.17, 15) is 22.8 Å². The molecular formula is C19H22N4O6S. The maximum atomic E-state index is 12.4. The summed E-state index contributed by atoms with van der Waals surface area (Å²) >= 11 is 0. The van der Waals surface area contributed by atoms with Crippen LogP contribution in [0.1, 0.15) is 18.4 Å². The Balaban J connectivity index is 1.37. The number of primary amides is 1. The van der Waals surface area contributed by atoms with Crippen LogP contribution in [0.15, 0.2) is 42.2 Å². The summed E-state index contributed by atoms with van der Waals surface area (Å²) in [4.78, 5) is 41.1. The van der Waals surface area contributed by atoms with Crippen molar-refractivity contribution >= 4 is 27.6 Å². The van der Waals surface area contributed by atoms with E-state index in [0.29, 0.717) is 12.8 Å². The van der Waals surface area contributed by atoms with E-state index in [1.807, 2.05) is 30.3 Å². The minimum absolute atomic E-state index is 0.0227. The predicted molar refractivity (Wildman–Crippen MR) is 104 cm³/mol. The van der Waals surface area contributed by atoms with Gasteiger partial charge in [-0.15, -0.1) is 5.48 Å². The zero-order valence-electron chi connectivity index (χ0n) is 16.0. The standard InChI is InChI=1S/C19H22N4O6S/c20-16(24)15-8-19(23-29-15,13-4-2-1-3-5-13)14-6-11(7-14)17(25)21-22-18(26)12-9-30(27,28)10-12/h1-5,8,11-12,14,23H,6-7,9-10H2,(H2,20,24)(H,21,25)(H,22,26)/t11?,14?,19-/m0/s1. The molecular weight excluding hydrogens is 412 g/mol. The Morgan fingerprint density at radius 1 is 1.03 bits per heavy atom. The van der Waals surface area contributed by atoms with Crippen LogP contribution in [0.2, 0.25) is 0 Å². The molecule has 2 fully saturated rings. The minimum atomic E-state index is -3.12. The number of hydrogen-bond donors (Lipinski definition) is 4. The molecule has 4 rings (SSSR count). The molecule has 160 valence electrons. The van der Waals surface area contributed by atoms with Gasteiger partial charge in [0.2, 0.25) is 17.6 Å². The number of rotatable bonds is 5. The highest BCUT2D eigenvalue weighted by Gasteiger charge is 2.51. The Bertz CT molecular complexity index is 1010. The molecule has 2 aliphatic heterocycles. The Hall–Kier alpha value is -2.92. The fourth-order valence-electron chi connectivity index (χ4n) is 4.07. The average Bonchev–Trinajstić information content (AvgIpc) is 3.10. The molecule has 3 aliphatic rings. The van der Waals surface area contributed by atoms with Crippen LogP contribution < -0.4 is 22.1 Å². The van der Waals surface area contributed by atoms with Crippen molar-refractivity contribution in [2.45, 2.75) is 18.4 Å². The lowest BCUT2D eigenvalue weighted by Crippen LogP contribution is -2.56. The maximum Gasteiger partial charge on any atom is 0.286 e. The van der Waals surface area contributed by atoms with Gasteiger partial charge in [0.15, 0.2) is 9.84 Å². The molecule has 3 amide bonds. The van der Waals surface area contributed by atoms with Gasteiger partial charge < -0.3 is 10.6 Å². The van der Waals surface area contributed by atoms with Crippen molar-refractivity contribution in [3.8, 4) is 0 Å². The zero-order valence-corrected chi connectivity index (χ0v) is 16.8. The van der Waals surface area contributed by atoms with Crippen molar-refractivity contribution < 1.29 is 27.6 Å². The Morgan fingerprint density at radius 2 is 1.63 bits per heavy atom. The second kappa shape index (κ2) is 7.40. The van der Waals surface area contributed by atoms with Gasteiger partial charge in [-0.3, -0.25) is 25.2 Å². The molecule has 0 spiro atoms. The molecule has 0 aromatic heterocycles. The van der Waals surface area contributed by atoms with Crippen molar-refractivity contribution in [1.82, 2.24) is 16.3 Å². The number of hydroxylamine groups is 1. The third kappa shape index (κ3) is 3.65. The SMILES string of the molecule is NC(=O)C1=C[C@](c2ccccc2)(C2CC(C(=O)NNC(=O)C3CS(=O)(=O)C3)C2)NO1. The average molecular weight is 434 g/mol.